The Morgan fingerprint density at radius 3 is 2.60 bits per heavy atom. The number of rotatable bonds is 9. The Hall–Kier alpha value is -2.08. The Labute approximate surface area is 148 Å². The highest BCUT2D eigenvalue weighted by molar-refractivity contribution is 5.78. The Kier molecular flexibility index (Phi) is 7.25. The van der Waals surface area contributed by atoms with Gasteiger partial charge in [0.25, 0.3) is 0 Å². The van der Waals surface area contributed by atoms with Gasteiger partial charge >= 0.3 is 5.97 Å². The number of nitrogens with zero attached hydrogens (tertiary/aromatic N) is 1. The zero-order chi connectivity index (χ0) is 18.2. The van der Waals surface area contributed by atoms with Gasteiger partial charge in [0.2, 0.25) is 5.91 Å². The van der Waals surface area contributed by atoms with Crippen molar-refractivity contribution in [2.24, 2.45) is 0 Å². The highest BCUT2D eigenvalue weighted by Gasteiger charge is 2.36. The summed E-state index contributed by atoms with van der Waals surface area (Å²) in [5, 5.41) is 9.04. The summed E-state index contributed by atoms with van der Waals surface area (Å²) in [5.74, 6) is -0.0692. The number of aliphatic carboxylic acids is 1. The normalized spacial score (nSPS) is 19.8. The molecule has 1 saturated heterocycles. The van der Waals surface area contributed by atoms with E-state index in [1.165, 1.54) is 0 Å². The van der Waals surface area contributed by atoms with Crippen LogP contribution in [0.4, 0.5) is 0 Å². The summed E-state index contributed by atoms with van der Waals surface area (Å²) in [7, 11) is 1.60. The molecular weight excluding hydrogens is 322 g/mol. The van der Waals surface area contributed by atoms with Gasteiger partial charge in [-0.3, -0.25) is 9.59 Å². The lowest BCUT2D eigenvalue weighted by Crippen LogP contribution is -2.37. The van der Waals surface area contributed by atoms with Crippen molar-refractivity contribution >= 4 is 11.9 Å². The number of methoxy groups -OCH3 is 1. The van der Waals surface area contributed by atoms with Gasteiger partial charge in [0.05, 0.1) is 19.1 Å². The van der Waals surface area contributed by atoms with Crippen LogP contribution in [0.5, 0.6) is 5.75 Å². The average molecular weight is 349 g/mol. The van der Waals surface area contributed by atoms with E-state index in [1.54, 1.807) is 12.0 Å². The van der Waals surface area contributed by atoms with Crippen molar-refractivity contribution < 1.29 is 24.2 Å². The number of amides is 1. The average Bonchev–Trinajstić information content (AvgIpc) is 3.01. The molecule has 138 valence electrons. The molecule has 6 heteroatoms. The molecular formula is C19H27NO5. The summed E-state index contributed by atoms with van der Waals surface area (Å²) >= 11 is 0. The first-order chi connectivity index (χ1) is 12.0. The van der Waals surface area contributed by atoms with Crippen LogP contribution in [0.1, 0.15) is 38.2 Å². The van der Waals surface area contributed by atoms with Crippen molar-refractivity contribution in [3.05, 3.63) is 29.8 Å². The number of carboxylic acid groups (broad SMARTS) is 1. The number of benzene rings is 1. The number of hydrogen-bond donors (Lipinski definition) is 1. The minimum Gasteiger partial charge on any atom is -0.494 e. The number of carboxylic acids is 1. The van der Waals surface area contributed by atoms with E-state index < -0.39 is 5.97 Å². The van der Waals surface area contributed by atoms with Gasteiger partial charge in [-0.15, -0.1) is 0 Å². The Balaban J connectivity index is 1.88. The van der Waals surface area contributed by atoms with Crippen molar-refractivity contribution in [3.8, 4) is 5.75 Å². The van der Waals surface area contributed by atoms with E-state index >= 15 is 0 Å². The summed E-state index contributed by atoms with van der Waals surface area (Å²) < 4.78 is 10.9. The van der Waals surface area contributed by atoms with E-state index in [0.29, 0.717) is 32.4 Å². The second kappa shape index (κ2) is 9.42. The van der Waals surface area contributed by atoms with Gasteiger partial charge < -0.3 is 19.5 Å². The number of carbonyl (C=O) groups is 2. The maximum atomic E-state index is 12.5. The Bertz CT molecular complexity index is 572. The number of likely N-dealkylation sites (tertiary alicyclic amines) is 1. The molecule has 1 aliphatic heterocycles. The molecule has 1 N–H and O–H groups in total. The third-order valence-corrected chi connectivity index (χ3v) is 4.46. The molecule has 1 amide bonds. The first-order valence-electron chi connectivity index (χ1n) is 8.79. The number of ether oxygens (including phenoxy) is 2. The van der Waals surface area contributed by atoms with Gasteiger partial charge in [0.15, 0.2) is 0 Å². The molecule has 0 aliphatic carbocycles. The topological polar surface area (TPSA) is 76.1 Å². The van der Waals surface area contributed by atoms with E-state index in [4.69, 9.17) is 14.6 Å². The first-order valence-corrected chi connectivity index (χ1v) is 8.79. The Morgan fingerprint density at radius 1 is 1.28 bits per heavy atom. The molecule has 25 heavy (non-hydrogen) atoms. The van der Waals surface area contributed by atoms with Crippen LogP contribution in [0.2, 0.25) is 0 Å². The predicted octanol–water partition coefficient (Wildman–Crippen LogP) is 2.50. The molecule has 1 fully saturated rings. The molecule has 6 nitrogen and oxygen atoms in total. The molecule has 0 bridgehead atoms. The molecule has 2 rings (SSSR count). The summed E-state index contributed by atoms with van der Waals surface area (Å²) in [5.41, 5.74) is 1.06. The lowest BCUT2D eigenvalue weighted by Gasteiger charge is -2.23. The van der Waals surface area contributed by atoms with Crippen LogP contribution in [0.3, 0.4) is 0 Å². The molecule has 2 atom stereocenters. The van der Waals surface area contributed by atoms with Crippen LogP contribution in [0, 0.1) is 0 Å². The molecule has 0 spiro atoms. The molecule has 0 saturated carbocycles. The van der Waals surface area contributed by atoms with Crippen LogP contribution in [0.25, 0.3) is 0 Å². The quantitative estimate of drug-likeness (QED) is 0.741. The van der Waals surface area contributed by atoms with E-state index in [9.17, 15) is 9.59 Å². The Morgan fingerprint density at radius 2 is 2.00 bits per heavy atom. The van der Waals surface area contributed by atoms with Crippen molar-refractivity contribution in [2.45, 2.75) is 51.2 Å². The zero-order valence-corrected chi connectivity index (χ0v) is 14.9. The van der Waals surface area contributed by atoms with Gasteiger partial charge in [0.1, 0.15) is 5.75 Å². The van der Waals surface area contributed by atoms with Crippen LogP contribution in [-0.2, 0) is 20.7 Å². The standard InChI is InChI=1S/C19H27NO5/c1-3-10-25-16-7-4-14(5-8-16)6-9-18(21)20-13-17(24-2)11-15(20)12-19(22)23/h4-5,7-8,15,17H,3,6,9-13H2,1-2H3,(H,22,23). The number of carbonyl (C=O) groups excluding carboxylic acids is 1. The summed E-state index contributed by atoms with van der Waals surface area (Å²) in [6.45, 7) is 3.22. The molecule has 1 aliphatic rings. The van der Waals surface area contributed by atoms with Crippen LogP contribution in [-0.4, -0.2) is 54.3 Å². The smallest absolute Gasteiger partial charge is 0.305 e. The van der Waals surface area contributed by atoms with Crippen molar-refractivity contribution in [3.63, 3.8) is 0 Å². The first kappa shape index (κ1) is 19.2. The maximum Gasteiger partial charge on any atom is 0.305 e. The summed E-state index contributed by atoms with van der Waals surface area (Å²) in [6, 6.07) is 7.49. The molecule has 0 radical (unpaired) electrons. The second-order valence-corrected chi connectivity index (χ2v) is 6.38. The minimum atomic E-state index is -0.887. The fourth-order valence-corrected chi connectivity index (χ4v) is 3.11. The van der Waals surface area contributed by atoms with Gasteiger partial charge in [-0.05, 0) is 37.0 Å². The zero-order valence-electron chi connectivity index (χ0n) is 14.9. The number of aryl methyl sites for hydroxylation is 1. The fraction of sp³-hybridized carbons (Fsp3) is 0.579. The van der Waals surface area contributed by atoms with E-state index in [0.717, 1.165) is 17.7 Å². The van der Waals surface area contributed by atoms with Crippen LogP contribution in [0.15, 0.2) is 24.3 Å². The molecule has 1 aromatic rings. The lowest BCUT2D eigenvalue weighted by molar-refractivity contribution is -0.139. The van der Waals surface area contributed by atoms with E-state index in [-0.39, 0.29) is 24.5 Å². The number of hydrogen-bond acceptors (Lipinski definition) is 4. The van der Waals surface area contributed by atoms with Crippen molar-refractivity contribution in [1.82, 2.24) is 4.90 Å². The van der Waals surface area contributed by atoms with Crippen molar-refractivity contribution in [2.75, 3.05) is 20.3 Å². The van der Waals surface area contributed by atoms with Gasteiger partial charge in [-0.2, -0.15) is 0 Å². The van der Waals surface area contributed by atoms with E-state index in [1.807, 2.05) is 24.3 Å². The monoisotopic (exact) mass is 349 g/mol. The molecule has 1 aromatic carbocycles. The third-order valence-electron chi connectivity index (χ3n) is 4.46. The maximum absolute atomic E-state index is 12.5. The highest BCUT2D eigenvalue weighted by Crippen LogP contribution is 2.24. The molecule has 1 heterocycles. The predicted molar refractivity (Wildman–Crippen MR) is 93.7 cm³/mol. The fourth-order valence-electron chi connectivity index (χ4n) is 3.11. The molecule has 2 unspecified atom stereocenters. The summed E-state index contributed by atoms with van der Waals surface area (Å²) in [4.78, 5) is 25.2. The minimum absolute atomic E-state index is 0.0166. The second-order valence-electron chi connectivity index (χ2n) is 6.38. The van der Waals surface area contributed by atoms with Crippen LogP contribution < -0.4 is 4.74 Å². The van der Waals surface area contributed by atoms with Gasteiger partial charge in [-0.1, -0.05) is 19.1 Å². The van der Waals surface area contributed by atoms with Crippen molar-refractivity contribution in [1.29, 1.82) is 0 Å². The SMILES string of the molecule is CCCOc1ccc(CCC(=O)N2CC(OC)CC2CC(=O)O)cc1. The van der Waals surface area contributed by atoms with E-state index in [2.05, 4.69) is 6.92 Å². The van der Waals surface area contributed by atoms with Gasteiger partial charge in [0, 0.05) is 26.1 Å². The van der Waals surface area contributed by atoms with Crippen LogP contribution >= 0.6 is 0 Å². The van der Waals surface area contributed by atoms with Gasteiger partial charge in [-0.25, -0.2) is 0 Å². The largest absolute Gasteiger partial charge is 0.494 e. The highest BCUT2D eigenvalue weighted by atomic mass is 16.5. The lowest BCUT2D eigenvalue weighted by atomic mass is 10.1. The summed E-state index contributed by atoms with van der Waals surface area (Å²) in [6.07, 6.45) is 2.42. The third kappa shape index (κ3) is 5.74. The molecule has 0 aromatic heterocycles.